The Morgan fingerprint density at radius 2 is 2.33 bits per heavy atom. The second-order valence-electron chi connectivity index (χ2n) is 4.17. The van der Waals surface area contributed by atoms with Gasteiger partial charge in [-0.3, -0.25) is 4.79 Å². The number of hydrogen-bond donors (Lipinski definition) is 1. The van der Waals surface area contributed by atoms with Gasteiger partial charge in [-0.2, -0.15) is 0 Å². The Balaban J connectivity index is 2.17. The summed E-state index contributed by atoms with van der Waals surface area (Å²) in [6.45, 7) is 3.02. The van der Waals surface area contributed by atoms with Crippen molar-refractivity contribution in [2.24, 2.45) is 7.05 Å². The molecule has 2 heterocycles. The van der Waals surface area contributed by atoms with Gasteiger partial charge >= 0.3 is 0 Å². The van der Waals surface area contributed by atoms with Crippen LogP contribution in [0.25, 0.3) is 0 Å². The average Bonchev–Trinajstić information content (AvgIpc) is 2.95. The number of carbonyl (C=O) groups is 1. The lowest BCUT2D eigenvalue weighted by molar-refractivity contribution is 0.0732. The van der Waals surface area contributed by atoms with Crippen LogP contribution in [-0.2, 0) is 13.6 Å². The van der Waals surface area contributed by atoms with Crippen molar-refractivity contribution in [2.45, 2.75) is 13.5 Å². The van der Waals surface area contributed by atoms with E-state index in [1.54, 1.807) is 28.0 Å². The van der Waals surface area contributed by atoms with Crippen molar-refractivity contribution in [3.63, 3.8) is 0 Å². The molecule has 96 valence electrons. The molecule has 2 rings (SSSR count). The van der Waals surface area contributed by atoms with Gasteiger partial charge < -0.3 is 19.6 Å². The Labute approximate surface area is 106 Å². The van der Waals surface area contributed by atoms with Crippen LogP contribution in [-0.4, -0.2) is 21.9 Å². The maximum atomic E-state index is 12.3. The first kappa shape index (κ1) is 12.3. The Hall–Kier alpha value is -2.17. The van der Waals surface area contributed by atoms with E-state index in [1.807, 2.05) is 26.1 Å². The van der Waals surface area contributed by atoms with E-state index in [2.05, 4.69) is 0 Å². The van der Waals surface area contributed by atoms with Gasteiger partial charge in [-0.1, -0.05) is 0 Å². The van der Waals surface area contributed by atoms with Gasteiger partial charge in [-0.05, 0) is 25.1 Å². The van der Waals surface area contributed by atoms with Gasteiger partial charge in [-0.15, -0.1) is 0 Å². The monoisotopic (exact) mass is 247 g/mol. The summed E-state index contributed by atoms with van der Waals surface area (Å²) >= 11 is 0. The van der Waals surface area contributed by atoms with Gasteiger partial charge in [0, 0.05) is 19.8 Å². The van der Waals surface area contributed by atoms with Crippen LogP contribution in [0.5, 0.6) is 0 Å². The molecule has 0 radical (unpaired) electrons. The molecule has 0 aliphatic carbocycles. The fourth-order valence-corrected chi connectivity index (χ4v) is 1.88. The fraction of sp³-hybridized carbons (Fsp3) is 0.308. The van der Waals surface area contributed by atoms with Crippen molar-refractivity contribution in [2.75, 3.05) is 12.3 Å². The SMILES string of the molecule is CCN(Cc1ccco1)C(=O)c1cc(N)cn1C. The number of nitrogens with zero attached hydrogens (tertiary/aromatic N) is 2. The third-order valence-electron chi connectivity index (χ3n) is 2.84. The minimum Gasteiger partial charge on any atom is -0.467 e. The van der Waals surface area contributed by atoms with Crippen molar-refractivity contribution < 1.29 is 9.21 Å². The van der Waals surface area contributed by atoms with Crippen molar-refractivity contribution in [3.05, 3.63) is 42.1 Å². The van der Waals surface area contributed by atoms with Crippen LogP contribution in [0, 0.1) is 0 Å². The molecule has 0 saturated heterocycles. The highest BCUT2D eigenvalue weighted by Gasteiger charge is 2.18. The summed E-state index contributed by atoms with van der Waals surface area (Å²) < 4.78 is 7.00. The summed E-state index contributed by atoms with van der Waals surface area (Å²) in [5, 5.41) is 0. The van der Waals surface area contributed by atoms with E-state index in [4.69, 9.17) is 10.2 Å². The predicted octanol–water partition coefficient (Wildman–Crippen LogP) is 1.86. The van der Waals surface area contributed by atoms with Gasteiger partial charge in [0.05, 0.1) is 18.5 Å². The molecule has 0 aromatic carbocycles. The zero-order chi connectivity index (χ0) is 13.1. The van der Waals surface area contributed by atoms with E-state index in [1.165, 1.54) is 0 Å². The van der Waals surface area contributed by atoms with Crippen molar-refractivity contribution >= 4 is 11.6 Å². The highest BCUT2D eigenvalue weighted by atomic mass is 16.3. The van der Waals surface area contributed by atoms with E-state index < -0.39 is 0 Å². The van der Waals surface area contributed by atoms with Gasteiger partial charge in [0.1, 0.15) is 11.5 Å². The second kappa shape index (κ2) is 5.00. The largest absolute Gasteiger partial charge is 0.467 e. The summed E-state index contributed by atoms with van der Waals surface area (Å²) in [5.74, 6) is 0.723. The Kier molecular flexibility index (Phi) is 3.41. The molecule has 1 amide bonds. The Morgan fingerprint density at radius 1 is 1.56 bits per heavy atom. The van der Waals surface area contributed by atoms with E-state index in [0.29, 0.717) is 24.5 Å². The Morgan fingerprint density at radius 3 is 2.83 bits per heavy atom. The standard InChI is InChI=1S/C13H17N3O2/c1-3-16(9-11-5-4-6-18-11)13(17)12-7-10(14)8-15(12)2/h4-8H,3,9,14H2,1-2H3. The van der Waals surface area contributed by atoms with Crippen LogP contribution >= 0.6 is 0 Å². The van der Waals surface area contributed by atoms with Crippen molar-refractivity contribution in [1.82, 2.24) is 9.47 Å². The minimum atomic E-state index is -0.0481. The summed E-state index contributed by atoms with van der Waals surface area (Å²) in [7, 11) is 1.81. The number of carbonyl (C=O) groups excluding carboxylic acids is 1. The smallest absolute Gasteiger partial charge is 0.270 e. The first-order valence-corrected chi connectivity index (χ1v) is 5.85. The number of aromatic nitrogens is 1. The summed E-state index contributed by atoms with van der Waals surface area (Å²) in [6, 6.07) is 5.36. The van der Waals surface area contributed by atoms with Crippen LogP contribution in [0.15, 0.2) is 35.1 Å². The van der Waals surface area contributed by atoms with Crippen molar-refractivity contribution in [1.29, 1.82) is 0 Å². The molecule has 2 N–H and O–H groups in total. The molecular weight excluding hydrogens is 230 g/mol. The molecule has 0 unspecified atom stereocenters. The van der Waals surface area contributed by atoms with Crippen LogP contribution in [0.3, 0.4) is 0 Å². The highest BCUT2D eigenvalue weighted by Crippen LogP contribution is 2.14. The molecule has 0 spiro atoms. The summed E-state index contributed by atoms with van der Waals surface area (Å²) in [5.41, 5.74) is 6.86. The van der Waals surface area contributed by atoms with E-state index in [9.17, 15) is 4.79 Å². The normalized spacial score (nSPS) is 10.6. The lowest BCUT2D eigenvalue weighted by Crippen LogP contribution is -2.31. The molecular formula is C13H17N3O2. The molecule has 2 aromatic heterocycles. The van der Waals surface area contributed by atoms with E-state index >= 15 is 0 Å². The summed E-state index contributed by atoms with van der Waals surface area (Å²) in [4.78, 5) is 14.1. The number of furan rings is 1. The van der Waals surface area contributed by atoms with Gasteiger partial charge in [0.25, 0.3) is 5.91 Å². The zero-order valence-corrected chi connectivity index (χ0v) is 10.6. The summed E-state index contributed by atoms with van der Waals surface area (Å²) in [6.07, 6.45) is 3.34. The molecule has 2 aromatic rings. The minimum absolute atomic E-state index is 0.0481. The molecule has 0 aliphatic heterocycles. The maximum Gasteiger partial charge on any atom is 0.270 e. The van der Waals surface area contributed by atoms with Crippen LogP contribution in [0.1, 0.15) is 23.2 Å². The molecule has 0 atom stereocenters. The number of rotatable bonds is 4. The zero-order valence-electron chi connectivity index (χ0n) is 10.6. The van der Waals surface area contributed by atoms with E-state index in [-0.39, 0.29) is 5.91 Å². The molecule has 0 aliphatic rings. The number of hydrogen-bond acceptors (Lipinski definition) is 3. The lowest BCUT2D eigenvalue weighted by Gasteiger charge is -2.19. The molecule has 0 fully saturated rings. The van der Waals surface area contributed by atoms with Crippen LogP contribution < -0.4 is 5.73 Å². The van der Waals surface area contributed by atoms with Crippen LogP contribution in [0.4, 0.5) is 5.69 Å². The molecule has 18 heavy (non-hydrogen) atoms. The first-order valence-electron chi connectivity index (χ1n) is 5.85. The number of nitrogen functional groups attached to an aromatic ring is 1. The molecule has 5 nitrogen and oxygen atoms in total. The fourth-order valence-electron chi connectivity index (χ4n) is 1.88. The third-order valence-corrected chi connectivity index (χ3v) is 2.84. The average molecular weight is 247 g/mol. The second-order valence-corrected chi connectivity index (χ2v) is 4.17. The van der Waals surface area contributed by atoms with Gasteiger partial charge in [0.15, 0.2) is 0 Å². The molecule has 0 saturated carbocycles. The number of anilines is 1. The topological polar surface area (TPSA) is 64.4 Å². The molecule has 5 heteroatoms. The number of nitrogens with two attached hydrogens (primary N) is 1. The highest BCUT2D eigenvalue weighted by molar-refractivity contribution is 5.93. The molecule has 0 bridgehead atoms. The predicted molar refractivity (Wildman–Crippen MR) is 68.9 cm³/mol. The van der Waals surface area contributed by atoms with Gasteiger partial charge in [0.2, 0.25) is 0 Å². The number of amides is 1. The number of aryl methyl sites for hydroxylation is 1. The lowest BCUT2D eigenvalue weighted by atomic mass is 10.3. The first-order chi connectivity index (χ1) is 8.61. The third kappa shape index (κ3) is 2.40. The van der Waals surface area contributed by atoms with Crippen molar-refractivity contribution in [3.8, 4) is 0 Å². The van der Waals surface area contributed by atoms with E-state index in [0.717, 1.165) is 5.76 Å². The van der Waals surface area contributed by atoms with Gasteiger partial charge in [-0.25, -0.2) is 0 Å². The maximum absolute atomic E-state index is 12.3. The van der Waals surface area contributed by atoms with Crippen LogP contribution in [0.2, 0.25) is 0 Å². The Bertz CT molecular complexity index is 528. The quantitative estimate of drug-likeness (QED) is 0.896.